The van der Waals surface area contributed by atoms with Crippen LogP contribution in [0.3, 0.4) is 0 Å². The van der Waals surface area contributed by atoms with E-state index >= 15 is 0 Å². The van der Waals surface area contributed by atoms with Gasteiger partial charge in [0.25, 0.3) is 0 Å². The topological polar surface area (TPSA) is 26.0 Å². The van der Waals surface area contributed by atoms with Gasteiger partial charge in [0.05, 0.1) is 0 Å². The van der Waals surface area contributed by atoms with Crippen molar-refractivity contribution < 1.29 is 4.39 Å². The lowest BCUT2D eigenvalue weighted by molar-refractivity contribution is 0.619. The molecular weight excluding hydrogens is 221 g/mol. The first-order valence-electron chi connectivity index (χ1n) is 5.20. The standard InChI is InChI=1S/C13H14FNS/c1-8-3-4-10(7-11(8)14)13-6-5-12(16-13)9(2)15/h3-7,9H,15H2,1-2H3. The third-order valence-electron chi connectivity index (χ3n) is 2.53. The van der Waals surface area contributed by atoms with Gasteiger partial charge in [-0.25, -0.2) is 4.39 Å². The van der Waals surface area contributed by atoms with E-state index in [0.29, 0.717) is 5.56 Å². The summed E-state index contributed by atoms with van der Waals surface area (Å²) in [4.78, 5) is 2.18. The lowest BCUT2D eigenvalue weighted by Crippen LogP contribution is -2.01. The number of rotatable bonds is 2. The van der Waals surface area contributed by atoms with Crippen LogP contribution in [-0.4, -0.2) is 0 Å². The van der Waals surface area contributed by atoms with E-state index in [1.54, 1.807) is 30.4 Å². The second-order valence-corrected chi connectivity index (χ2v) is 5.07. The molecule has 0 fully saturated rings. The van der Waals surface area contributed by atoms with Crippen LogP contribution in [0.2, 0.25) is 0 Å². The Balaban J connectivity index is 2.39. The molecule has 16 heavy (non-hydrogen) atoms. The summed E-state index contributed by atoms with van der Waals surface area (Å²) in [6.45, 7) is 3.71. The molecule has 2 aromatic rings. The van der Waals surface area contributed by atoms with Gasteiger partial charge in [-0.05, 0) is 43.2 Å². The van der Waals surface area contributed by atoms with E-state index in [2.05, 4.69) is 0 Å². The van der Waals surface area contributed by atoms with Crippen LogP contribution in [-0.2, 0) is 0 Å². The van der Waals surface area contributed by atoms with Crippen molar-refractivity contribution in [1.29, 1.82) is 0 Å². The molecule has 0 aliphatic carbocycles. The summed E-state index contributed by atoms with van der Waals surface area (Å²) < 4.78 is 13.4. The first-order chi connectivity index (χ1) is 7.58. The maximum Gasteiger partial charge on any atom is 0.126 e. The largest absolute Gasteiger partial charge is 0.324 e. The van der Waals surface area contributed by atoms with Crippen LogP contribution >= 0.6 is 11.3 Å². The summed E-state index contributed by atoms with van der Waals surface area (Å²) in [5.74, 6) is -0.159. The highest BCUT2D eigenvalue weighted by atomic mass is 32.1. The molecule has 0 radical (unpaired) electrons. The van der Waals surface area contributed by atoms with E-state index in [1.165, 1.54) is 0 Å². The number of hydrogen-bond donors (Lipinski definition) is 1. The van der Waals surface area contributed by atoms with Crippen LogP contribution in [0, 0.1) is 12.7 Å². The molecule has 0 bridgehead atoms. The van der Waals surface area contributed by atoms with Gasteiger partial charge in [0, 0.05) is 15.8 Å². The Morgan fingerprint density at radius 3 is 2.56 bits per heavy atom. The predicted molar refractivity (Wildman–Crippen MR) is 67.1 cm³/mol. The van der Waals surface area contributed by atoms with Crippen LogP contribution in [0.5, 0.6) is 0 Å². The monoisotopic (exact) mass is 235 g/mol. The maximum absolute atomic E-state index is 13.4. The summed E-state index contributed by atoms with van der Waals surface area (Å²) >= 11 is 1.62. The van der Waals surface area contributed by atoms with Crippen LogP contribution in [0.15, 0.2) is 30.3 Å². The summed E-state index contributed by atoms with van der Waals surface area (Å²) in [7, 11) is 0. The number of hydrogen-bond acceptors (Lipinski definition) is 2. The van der Waals surface area contributed by atoms with Crippen molar-refractivity contribution in [2.24, 2.45) is 5.73 Å². The van der Waals surface area contributed by atoms with Gasteiger partial charge in [-0.1, -0.05) is 12.1 Å². The van der Waals surface area contributed by atoms with E-state index in [0.717, 1.165) is 15.3 Å². The predicted octanol–water partition coefficient (Wildman–Crippen LogP) is 3.88. The highest BCUT2D eigenvalue weighted by Crippen LogP contribution is 2.31. The second-order valence-electron chi connectivity index (χ2n) is 3.95. The van der Waals surface area contributed by atoms with Gasteiger partial charge < -0.3 is 5.73 Å². The van der Waals surface area contributed by atoms with Gasteiger partial charge in [-0.3, -0.25) is 0 Å². The van der Waals surface area contributed by atoms with Gasteiger partial charge in [-0.15, -0.1) is 11.3 Å². The fourth-order valence-electron chi connectivity index (χ4n) is 1.50. The highest BCUT2D eigenvalue weighted by molar-refractivity contribution is 7.15. The lowest BCUT2D eigenvalue weighted by Gasteiger charge is -2.01. The SMILES string of the molecule is Cc1ccc(-c2ccc(C(C)N)s2)cc1F. The second kappa shape index (κ2) is 4.36. The Bertz CT molecular complexity index is 502. The molecule has 0 aliphatic heterocycles. The molecule has 1 aromatic heterocycles. The first kappa shape index (κ1) is 11.3. The van der Waals surface area contributed by atoms with Crippen molar-refractivity contribution in [2.75, 3.05) is 0 Å². The smallest absolute Gasteiger partial charge is 0.126 e. The zero-order valence-corrected chi connectivity index (χ0v) is 10.1. The number of aryl methyl sites for hydroxylation is 1. The van der Waals surface area contributed by atoms with Gasteiger partial charge >= 0.3 is 0 Å². The van der Waals surface area contributed by atoms with E-state index < -0.39 is 0 Å². The Kier molecular flexibility index (Phi) is 3.08. The Hall–Kier alpha value is -1.19. The van der Waals surface area contributed by atoms with Crippen molar-refractivity contribution in [1.82, 2.24) is 0 Å². The molecule has 0 aliphatic rings. The Morgan fingerprint density at radius 1 is 1.25 bits per heavy atom. The number of benzene rings is 1. The summed E-state index contributed by atoms with van der Waals surface area (Å²) in [6, 6.07) is 9.35. The van der Waals surface area contributed by atoms with Gasteiger partial charge in [-0.2, -0.15) is 0 Å². The van der Waals surface area contributed by atoms with Gasteiger partial charge in [0.2, 0.25) is 0 Å². The molecular formula is C13H14FNS. The van der Waals surface area contributed by atoms with Crippen molar-refractivity contribution in [2.45, 2.75) is 19.9 Å². The van der Waals surface area contributed by atoms with Crippen molar-refractivity contribution in [3.63, 3.8) is 0 Å². The zero-order valence-electron chi connectivity index (χ0n) is 9.33. The third-order valence-corrected chi connectivity index (χ3v) is 3.87. The maximum atomic E-state index is 13.4. The molecule has 3 heteroatoms. The average Bonchev–Trinajstić information content (AvgIpc) is 2.71. The molecule has 1 atom stereocenters. The van der Waals surface area contributed by atoms with Gasteiger partial charge in [0.1, 0.15) is 5.82 Å². The average molecular weight is 235 g/mol. The molecule has 84 valence electrons. The van der Waals surface area contributed by atoms with Crippen LogP contribution < -0.4 is 5.73 Å². The molecule has 1 heterocycles. The Labute approximate surface area is 98.7 Å². The summed E-state index contributed by atoms with van der Waals surface area (Å²) in [6.07, 6.45) is 0. The van der Waals surface area contributed by atoms with Gasteiger partial charge in [0.15, 0.2) is 0 Å². The quantitative estimate of drug-likeness (QED) is 0.839. The molecule has 1 nitrogen and oxygen atoms in total. The van der Waals surface area contributed by atoms with Crippen molar-refractivity contribution in [3.05, 3.63) is 46.6 Å². The van der Waals surface area contributed by atoms with Crippen molar-refractivity contribution >= 4 is 11.3 Å². The van der Waals surface area contributed by atoms with Crippen LogP contribution in [0.1, 0.15) is 23.4 Å². The Morgan fingerprint density at radius 2 is 2.00 bits per heavy atom. The fraction of sp³-hybridized carbons (Fsp3) is 0.231. The molecule has 1 aromatic carbocycles. The third kappa shape index (κ3) is 2.15. The lowest BCUT2D eigenvalue weighted by atomic mass is 10.1. The van der Waals surface area contributed by atoms with E-state index in [4.69, 9.17) is 5.73 Å². The molecule has 0 saturated heterocycles. The van der Waals surface area contributed by atoms with Crippen LogP contribution in [0.25, 0.3) is 10.4 Å². The minimum atomic E-state index is -0.159. The normalized spacial score (nSPS) is 12.8. The molecule has 0 saturated carbocycles. The summed E-state index contributed by atoms with van der Waals surface area (Å²) in [5, 5.41) is 0. The highest BCUT2D eigenvalue weighted by Gasteiger charge is 2.07. The molecule has 0 amide bonds. The minimum Gasteiger partial charge on any atom is -0.324 e. The number of thiophene rings is 1. The zero-order chi connectivity index (χ0) is 11.7. The number of halogens is 1. The molecule has 2 N–H and O–H groups in total. The van der Waals surface area contributed by atoms with Crippen molar-refractivity contribution in [3.8, 4) is 10.4 Å². The van der Waals surface area contributed by atoms with E-state index in [1.807, 2.05) is 25.1 Å². The fourth-order valence-corrected chi connectivity index (χ4v) is 2.46. The molecule has 2 rings (SSSR count). The van der Waals surface area contributed by atoms with E-state index in [-0.39, 0.29) is 11.9 Å². The molecule has 1 unspecified atom stereocenters. The minimum absolute atomic E-state index is 0.0362. The van der Waals surface area contributed by atoms with Crippen LogP contribution in [0.4, 0.5) is 4.39 Å². The first-order valence-corrected chi connectivity index (χ1v) is 6.01. The number of nitrogens with two attached hydrogens (primary N) is 1. The summed E-state index contributed by atoms with van der Waals surface area (Å²) in [5.41, 5.74) is 7.39. The molecule has 0 spiro atoms. The van der Waals surface area contributed by atoms with E-state index in [9.17, 15) is 4.39 Å².